The van der Waals surface area contributed by atoms with Crippen LogP contribution < -0.4 is 0 Å². The van der Waals surface area contributed by atoms with E-state index in [1.54, 1.807) is 20.8 Å². The number of amides is 1. The molecule has 0 spiro atoms. The van der Waals surface area contributed by atoms with Gasteiger partial charge in [0.1, 0.15) is 11.8 Å². The zero-order valence-corrected chi connectivity index (χ0v) is 13.3. The van der Waals surface area contributed by atoms with E-state index in [-0.39, 0.29) is 6.61 Å². The molecule has 1 N–H and O–H groups in total. The van der Waals surface area contributed by atoms with Crippen LogP contribution in [0, 0.1) is 5.41 Å². The van der Waals surface area contributed by atoms with Crippen LogP contribution >= 0.6 is 0 Å². The maximum absolute atomic E-state index is 12.4. The first-order chi connectivity index (χ1) is 8.79. The van der Waals surface area contributed by atoms with E-state index < -0.39 is 34.8 Å². The number of rotatable bonds is 1. The summed E-state index contributed by atoms with van der Waals surface area (Å²) in [5.74, 6) is -1.10. The third-order valence-electron chi connectivity index (χ3n) is 3.08. The molecule has 6 nitrogen and oxygen atoms in total. The molecule has 1 heterocycles. The Labute approximate surface area is 120 Å². The molecular weight excluding hydrogens is 262 g/mol. The summed E-state index contributed by atoms with van der Waals surface area (Å²) >= 11 is 0. The zero-order valence-electron chi connectivity index (χ0n) is 13.3. The van der Waals surface area contributed by atoms with Gasteiger partial charge in [-0.2, -0.15) is 0 Å². The topological polar surface area (TPSA) is 76.1 Å². The van der Waals surface area contributed by atoms with Gasteiger partial charge in [0.15, 0.2) is 5.54 Å². The van der Waals surface area contributed by atoms with Gasteiger partial charge in [-0.15, -0.1) is 0 Å². The fourth-order valence-corrected chi connectivity index (χ4v) is 2.05. The molecule has 1 saturated heterocycles. The zero-order chi connectivity index (χ0) is 15.9. The van der Waals surface area contributed by atoms with Gasteiger partial charge < -0.3 is 14.6 Å². The molecular formula is C14H25NO5. The van der Waals surface area contributed by atoms with Gasteiger partial charge in [0, 0.05) is 5.41 Å². The summed E-state index contributed by atoms with van der Waals surface area (Å²) in [6.07, 6.45) is -1.31. The minimum absolute atomic E-state index is 0.0521. The summed E-state index contributed by atoms with van der Waals surface area (Å²) in [7, 11) is 0. The molecule has 20 heavy (non-hydrogen) atoms. The number of hydrogen-bond donors (Lipinski definition) is 1. The van der Waals surface area contributed by atoms with Crippen LogP contribution in [0.4, 0.5) is 4.79 Å². The largest absolute Gasteiger partial charge is 0.479 e. The molecule has 0 aliphatic carbocycles. The van der Waals surface area contributed by atoms with Crippen molar-refractivity contribution in [3.05, 3.63) is 0 Å². The number of carboxylic acid groups (broad SMARTS) is 1. The quantitative estimate of drug-likeness (QED) is 0.801. The highest BCUT2D eigenvalue weighted by atomic mass is 16.6. The smallest absolute Gasteiger partial charge is 0.413 e. The fraction of sp³-hybridized carbons (Fsp3) is 0.857. The van der Waals surface area contributed by atoms with Crippen molar-refractivity contribution in [1.29, 1.82) is 0 Å². The van der Waals surface area contributed by atoms with Crippen molar-refractivity contribution < 1.29 is 24.2 Å². The van der Waals surface area contributed by atoms with E-state index in [1.165, 1.54) is 11.8 Å². The predicted octanol–water partition coefficient (Wildman–Crippen LogP) is 2.47. The van der Waals surface area contributed by atoms with Crippen LogP contribution in [0.3, 0.4) is 0 Å². The van der Waals surface area contributed by atoms with Crippen molar-refractivity contribution in [3.8, 4) is 0 Å². The lowest BCUT2D eigenvalue weighted by molar-refractivity contribution is -0.149. The van der Waals surface area contributed by atoms with Crippen molar-refractivity contribution in [2.75, 3.05) is 6.61 Å². The maximum Gasteiger partial charge on any atom is 0.413 e. The molecule has 1 rings (SSSR count). The van der Waals surface area contributed by atoms with E-state index in [0.29, 0.717) is 0 Å². The van der Waals surface area contributed by atoms with E-state index in [9.17, 15) is 14.7 Å². The number of carbonyl (C=O) groups excluding carboxylic acids is 1. The second kappa shape index (κ2) is 4.91. The van der Waals surface area contributed by atoms with Crippen LogP contribution in [-0.2, 0) is 14.3 Å². The lowest BCUT2D eigenvalue weighted by Crippen LogP contribution is -2.58. The Morgan fingerprint density at radius 1 is 1.25 bits per heavy atom. The molecule has 0 bridgehead atoms. The molecule has 6 heteroatoms. The van der Waals surface area contributed by atoms with Gasteiger partial charge in [0.05, 0.1) is 6.61 Å². The van der Waals surface area contributed by atoms with Crippen molar-refractivity contribution in [2.24, 2.45) is 5.41 Å². The maximum atomic E-state index is 12.4. The van der Waals surface area contributed by atoms with Gasteiger partial charge in [0.2, 0.25) is 0 Å². The number of carboxylic acids is 1. The average molecular weight is 287 g/mol. The molecule has 2 atom stereocenters. The van der Waals surface area contributed by atoms with Gasteiger partial charge in [-0.3, -0.25) is 4.90 Å². The summed E-state index contributed by atoms with van der Waals surface area (Å²) in [6, 6.07) is 0. The predicted molar refractivity (Wildman–Crippen MR) is 73.3 cm³/mol. The number of hydrogen-bond acceptors (Lipinski definition) is 4. The Bertz CT molecular complexity index is 407. The second-order valence-electron chi connectivity index (χ2n) is 7.46. The van der Waals surface area contributed by atoms with Gasteiger partial charge in [0.25, 0.3) is 0 Å². The van der Waals surface area contributed by atoms with Crippen LogP contribution in [0.1, 0.15) is 48.5 Å². The van der Waals surface area contributed by atoms with E-state index in [0.717, 1.165) is 0 Å². The Balaban J connectivity index is 3.16. The van der Waals surface area contributed by atoms with Gasteiger partial charge in [-0.05, 0) is 27.7 Å². The van der Waals surface area contributed by atoms with Crippen molar-refractivity contribution in [1.82, 2.24) is 4.90 Å². The van der Waals surface area contributed by atoms with E-state index in [4.69, 9.17) is 9.47 Å². The van der Waals surface area contributed by atoms with E-state index in [1.807, 2.05) is 20.8 Å². The highest BCUT2D eigenvalue weighted by molar-refractivity contribution is 5.85. The van der Waals surface area contributed by atoms with Gasteiger partial charge in [-0.1, -0.05) is 20.8 Å². The minimum atomic E-state index is -1.42. The molecule has 1 aliphatic heterocycles. The molecule has 0 aromatic carbocycles. The van der Waals surface area contributed by atoms with E-state index in [2.05, 4.69) is 0 Å². The molecule has 0 aromatic rings. The summed E-state index contributed by atoms with van der Waals surface area (Å²) in [6.45, 7) is 12.3. The lowest BCUT2D eigenvalue weighted by Gasteiger charge is -2.39. The molecule has 2 unspecified atom stereocenters. The lowest BCUT2D eigenvalue weighted by atomic mass is 9.91. The number of aliphatic carboxylic acids is 1. The van der Waals surface area contributed by atoms with Crippen molar-refractivity contribution in [2.45, 2.75) is 65.8 Å². The third-order valence-corrected chi connectivity index (χ3v) is 3.08. The van der Waals surface area contributed by atoms with Crippen LogP contribution in [0.25, 0.3) is 0 Å². The summed E-state index contributed by atoms with van der Waals surface area (Å²) in [4.78, 5) is 25.2. The molecule has 0 radical (unpaired) electrons. The Morgan fingerprint density at radius 2 is 1.75 bits per heavy atom. The molecule has 0 saturated carbocycles. The molecule has 116 valence electrons. The second-order valence-corrected chi connectivity index (χ2v) is 7.46. The standard InChI is InChI=1S/C14H25NO5/c1-12(2,3)9-15(11(18)20-13(4,5)6)14(7,8-19-9)10(16)17/h9H,8H2,1-7H3,(H,16,17). The van der Waals surface area contributed by atoms with Gasteiger partial charge in [-0.25, -0.2) is 9.59 Å². The minimum Gasteiger partial charge on any atom is -0.479 e. The molecule has 1 fully saturated rings. The molecule has 0 aromatic heterocycles. The summed E-state index contributed by atoms with van der Waals surface area (Å²) in [5.41, 5.74) is -2.52. The first-order valence-corrected chi connectivity index (χ1v) is 6.66. The van der Waals surface area contributed by atoms with Crippen molar-refractivity contribution >= 4 is 12.1 Å². The Kier molecular flexibility index (Phi) is 4.11. The highest BCUT2D eigenvalue weighted by Gasteiger charge is 2.56. The monoisotopic (exact) mass is 287 g/mol. The van der Waals surface area contributed by atoms with Crippen LogP contribution in [0.15, 0.2) is 0 Å². The number of carbonyl (C=O) groups is 2. The average Bonchev–Trinajstić information content (AvgIpc) is 2.54. The SMILES string of the molecule is CC(C)(C)OC(=O)N1C(C(C)(C)C)OCC1(C)C(=O)O. The summed E-state index contributed by atoms with van der Waals surface area (Å²) < 4.78 is 10.9. The highest BCUT2D eigenvalue weighted by Crippen LogP contribution is 2.38. The van der Waals surface area contributed by atoms with Crippen LogP contribution in [-0.4, -0.2) is 46.0 Å². The van der Waals surface area contributed by atoms with Crippen LogP contribution in [0.5, 0.6) is 0 Å². The number of nitrogens with zero attached hydrogens (tertiary/aromatic N) is 1. The third kappa shape index (κ3) is 3.23. The Morgan fingerprint density at radius 3 is 2.10 bits per heavy atom. The molecule has 1 amide bonds. The van der Waals surface area contributed by atoms with Crippen molar-refractivity contribution in [3.63, 3.8) is 0 Å². The summed E-state index contributed by atoms with van der Waals surface area (Å²) in [5, 5.41) is 9.44. The fourth-order valence-electron chi connectivity index (χ4n) is 2.05. The first kappa shape index (κ1) is 16.8. The normalized spacial score (nSPS) is 27.6. The van der Waals surface area contributed by atoms with E-state index >= 15 is 0 Å². The van der Waals surface area contributed by atoms with Gasteiger partial charge >= 0.3 is 12.1 Å². The Hall–Kier alpha value is -1.30. The van der Waals surface area contributed by atoms with Crippen LogP contribution in [0.2, 0.25) is 0 Å². The number of ether oxygens (including phenoxy) is 2. The molecule has 1 aliphatic rings. The first-order valence-electron chi connectivity index (χ1n) is 6.66.